The number of esters is 1. The van der Waals surface area contributed by atoms with Crippen molar-refractivity contribution in [2.75, 3.05) is 18.2 Å². The topological polar surface area (TPSA) is 142 Å². The number of nitrogens with two attached hydrogens (primary N) is 1. The van der Waals surface area contributed by atoms with E-state index in [1.54, 1.807) is 6.26 Å². The molecule has 29 heavy (non-hydrogen) atoms. The Morgan fingerprint density at radius 2 is 2.10 bits per heavy atom. The van der Waals surface area contributed by atoms with Gasteiger partial charge in [0.05, 0.1) is 10.5 Å². The van der Waals surface area contributed by atoms with Crippen molar-refractivity contribution in [2.24, 2.45) is 5.73 Å². The van der Waals surface area contributed by atoms with E-state index in [-0.39, 0.29) is 5.56 Å². The van der Waals surface area contributed by atoms with Crippen molar-refractivity contribution >= 4 is 51.6 Å². The van der Waals surface area contributed by atoms with Gasteiger partial charge in [-0.15, -0.1) is 23.1 Å². The number of nitrogens with zero attached hydrogens (tertiary/aromatic N) is 1. The van der Waals surface area contributed by atoms with Crippen LogP contribution < -0.4 is 11.1 Å². The quantitative estimate of drug-likeness (QED) is 0.295. The van der Waals surface area contributed by atoms with Crippen LogP contribution in [0.5, 0.6) is 0 Å². The average Bonchev–Trinajstić information content (AvgIpc) is 3.25. The van der Waals surface area contributed by atoms with Crippen molar-refractivity contribution in [1.29, 1.82) is 0 Å². The molecule has 0 atom stereocenters. The summed E-state index contributed by atoms with van der Waals surface area (Å²) in [5.41, 5.74) is 5.96. The Bertz CT molecular complexity index is 1020. The molecule has 2 aromatic rings. The Morgan fingerprint density at radius 1 is 1.34 bits per heavy atom. The minimum atomic E-state index is -0.980. The zero-order chi connectivity index (χ0) is 21.1. The molecule has 0 fully saturated rings. The highest BCUT2D eigenvalue weighted by molar-refractivity contribution is 7.98. The number of carbonyl (C=O) groups excluding carboxylic acids is 3. The molecule has 0 spiro atoms. The fourth-order valence-electron chi connectivity index (χ4n) is 3.09. The molecule has 1 aliphatic rings. The van der Waals surface area contributed by atoms with Crippen LogP contribution in [-0.2, 0) is 22.4 Å². The van der Waals surface area contributed by atoms with E-state index in [0.29, 0.717) is 15.5 Å². The first-order valence-corrected chi connectivity index (χ1v) is 10.6. The van der Waals surface area contributed by atoms with E-state index in [4.69, 9.17) is 10.5 Å². The summed E-state index contributed by atoms with van der Waals surface area (Å²) in [4.78, 5) is 48.4. The normalized spacial score (nSPS) is 12.3. The van der Waals surface area contributed by atoms with Crippen molar-refractivity contribution in [3.63, 3.8) is 0 Å². The lowest BCUT2D eigenvalue weighted by Crippen LogP contribution is -2.23. The molecule has 1 aliphatic carbocycles. The number of hydrogen-bond acceptors (Lipinski definition) is 8. The predicted molar refractivity (Wildman–Crippen MR) is 109 cm³/mol. The number of ether oxygens (including phenoxy) is 1. The highest BCUT2D eigenvalue weighted by Gasteiger charge is 2.27. The number of rotatable bonds is 7. The second-order valence-electron chi connectivity index (χ2n) is 6.19. The summed E-state index contributed by atoms with van der Waals surface area (Å²) < 4.78 is 4.95. The molecule has 0 radical (unpaired) electrons. The number of hydrogen-bond donors (Lipinski definition) is 2. The van der Waals surface area contributed by atoms with Gasteiger partial charge < -0.3 is 15.8 Å². The molecular formula is C18H17N3O6S2. The number of anilines is 1. The molecule has 0 saturated carbocycles. The summed E-state index contributed by atoms with van der Waals surface area (Å²) >= 11 is 2.59. The van der Waals surface area contributed by atoms with Gasteiger partial charge in [0.2, 0.25) is 0 Å². The van der Waals surface area contributed by atoms with Gasteiger partial charge >= 0.3 is 5.97 Å². The van der Waals surface area contributed by atoms with E-state index in [0.717, 1.165) is 29.7 Å². The van der Waals surface area contributed by atoms with E-state index in [1.165, 1.54) is 41.3 Å². The fourth-order valence-corrected chi connectivity index (χ4v) is 4.84. The molecule has 9 nitrogen and oxygen atoms in total. The monoisotopic (exact) mass is 435 g/mol. The van der Waals surface area contributed by atoms with Crippen LogP contribution in [0.3, 0.4) is 0 Å². The van der Waals surface area contributed by atoms with Crippen LogP contribution in [-0.4, -0.2) is 35.6 Å². The molecule has 3 N–H and O–H groups in total. The number of thioether (sulfide) groups is 1. The predicted octanol–water partition coefficient (Wildman–Crippen LogP) is 2.76. The first kappa shape index (κ1) is 20.8. The SMILES string of the molecule is CSc1ccc([N+](=O)[O-])c(C(=O)OCC(=O)Nc2sc3c(c2C(N)=O)CCC3)c1. The number of primary amides is 1. The number of carbonyl (C=O) groups is 3. The van der Waals surface area contributed by atoms with Gasteiger partial charge in [-0.05, 0) is 43.2 Å². The molecule has 2 amide bonds. The third-order valence-electron chi connectivity index (χ3n) is 4.38. The second-order valence-corrected chi connectivity index (χ2v) is 8.18. The maximum Gasteiger partial charge on any atom is 0.345 e. The number of aryl methyl sites for hydroxylation is 1. The smallest absolute Gasteiger partial charge is 0.345 e. The molecular weight excluding hydrogens is 418 g/mol. The lowest BCUT2D eigenvalue weighted by molar-refractivity contribution is -0.385. The van der Waals surface area contributed by atoms with Gasteiger partial charge in [0.1, 0.15) is 10.6 Å². The third-order valence-corrected chi connectivity index (χ3v) is 6.31. The number of fused-ring (bicyclic) bond motifs is 1. The minimum absolute atomic E-state index is 0.234. The van der Waals surface area contributed by atoms with Gasteiger partial charge in [0, 0.05) is 15.8 Å². The number of nitrogens with one attached hydrogen (secondary N) is 1. The maximum absolute atomic E-state index is 12.3. The van der Waals surface area contributed by atoms with Gasteiger partial charge in [-0.1, -0.05) is 0 Å². The number of nitro benzene ring substituents is 1. The molecule has 0 unspecified atom stereocenters. The summed E-state index contributed by atoms with van der Waals surface area (Å²) in [5.74, 6) is -2.27. The summed E-state index contributed by atoms with van der Waals surface area (Å²) in [6.45, 7) is -0.653. The van der Waals surface area contributed by atoms with Crippen LogP contribution in [0.15, 0.2) is 23.1 Å². The zero-order valence-electron chi connectivity index (χ0n) is 15.4. The van der Waals surface area contributed by atoms with E-state index >= 15 is 0 Å². The molecule has 0 aliphatic heterocycles. The van der Waals surface area contributed by atoms with Crippen LogP contribution >= 0.6 is 23.1 Å². The van der Waals surface area contributed by atoms with Crippen molar-refractivity contribution in [3.8, 4) is 0 Å². The van der Waals surface area contributed by atoms with E-state index < -0.39 is 35.0 Å². The largest absolute Gasteiger partial charge is 0.452 e. The Balaban J connectivity index is 1.70. The Kier molecular flexibility index (Phi) is 6.18. The molecule has 3 rings (SSSR count). The van der Waals surface area contributed by atoms with Crippen molar-refractivity contribution in [2.45, 2.75) is 24.2 Å². The van der Waals surface area contributed by atoms with Gasteiger partial charge in [-0.2, -0.15) is 0 Å². The van der Waals surface area contributed by atoms with E-state index in [2.05, 4.69) is 5.32 Å². The number of nitro groups is 1. The molecule has 1 aromatic heterocycles. The molecule has 1 aromatic carbocycles. The Labute approximate surface area is 173 Å². The number of benzene rings is 1. The Hall–Kier alpha value is -2.92. The van der Waals surface area contributed by atoms with Gasteiger partial charge in [0.15, 0.2) is 6.61 Å². The van der Waals surface area contributed by atoms with E-state index in [1.807, 2.05) is 0 Å². The summed E-state index contributed by atoms with van der Waals surface area (Å²) in [7, 11) is 0. The standard InChI is InChI=1S/C18H17N3O6S2/c1-28-9-5-6-12(21(25)26)11(7-9)18(24)27-8-14(22)20-17-15(16(19)23)10-3-2-4-13(10)29-17/h5-7H,2-4,8H2,1H3,(H2,19,23)(H,20,22). The highest BCUT2D eigenvalue weighted by atomic mass is 32.2. The van der Waals surface area contributed by atoms with Crippen LogP contribution in [0.2, 0.25) is 0 Å². The number of amides is 2. The van der Waals surface area contributed by atoms with Gasteiger partial charge in [-0.3, -0.25) is 19.7 Å². The van der Waals surface area contributed by atoms with Crippen LogP contribution in [0.1, 0.15) is 37.6 Å². The number of thiophene rings is 1. The second kappa shape index (κ2) is 8.62. The van der Waals surface area contributed by atoms with Crippen molar-refractivity contribution in [3.05, 3.63) is 49.9 Å². The first-order chi connectivity index (χ1) is 13.8. The van der Waals surface area contributed by atoms with Crippen molar-refractivity contribution in [1.82, 2.24) is 0 Å². The summed E-state index contributed by atoms with van der Waals surface area (Å²) in [6.07, 6.45) is 4.24. The molecule has 0 bridgehead atoms. The zero-order valence-corrected chi connectivity index (χ0v) is 17.0. The summed E-state index contributed by atoms with van der Waals surface area (Å²) in [6, 6.07) is 4.08. The van der Waals surface area contributed by atoms with Crippen LogP contribution in [0, 0.1) is 10.1 Å². The van der Waals surface area contributed by atoms with Crippen molar-refractivity contribution < 1.29 is 24.0 Å². The van der Waals surface area contributed by atoms with E-state index in [9.17, 15) is 24.5 Å². The fraction of sp³-hybridized carbons (Fsp3) is 0.278. The maximum atomic E-state index is 12.3. The lowest BCUT2D eigenvalue weighted by Gasteiger charge is -2.08. The minimum Gasteiger partial charge on any atom is -0.452 e. The van der Waals surface area contributed by atoms with Crippen LogP contribution in [0.25, 0.3) is 0 Å². The van der Waals surface area contributed by atoms with Gasteiger partial charge in [-0.25, -0.2) is 4.79 Å². The first-order valence-electron chi connectivity index (χ1n) is 8.55. The average molecular weight is 435 g/mol. The molecule has 1 heterocycles. The Morgan fingerprint density at radius 3 is 2.76 bits per heavy atom. The highest BCUT2D eigenvalue weighted by Crippen LogP contribution is 2.38. The molecule has 0 saturated heterocycles. The molecule has 11 heteroatoms. The lowest BCUT2D eigenvalue weighted by atomic mass is 10.1. The molecule has 152 valence electrons. The summed E-state index contributed by atoms with van der Waals surface area (Å²) in [5, 5.41) is 14.0. The third kappa shape index (κ3) is 4.40. The van der Waals surface area contributed by atoms with Crippen LogP contribution in [0.4, 0.5) is 10.7 Å². The van der Waals surface area contributed by atoms with Gasteiger partial charge in [0.25, 0.3) is 17.5 Å².